The molecule has 0 spiro atoms. The van der Waals surface area contributed by atoms with Crippen molar-refractivity contribution in [3.05, 3.63) is 72.1 Å². The number of benzene rings is 2. The van der Waals surface area contributed by atoms with E-state index in [0.29, 0.717) is 28.7 Å². The maximum Gasteiger partial charge on any atom is 0.347 e. The van der Waals surface area contributed by atoms with Gasteiger partial charge in [-0.05, 0) is 31.9 Å². The van der Waals surface area contributed by atoms with E-state index in [0.717, 1.165) is 47.7 Å². The Morgan fingerprint density at radius 1 is 0.818 bits per heavy atom. The Morgan fingerprint density at radius 3 is 1.94 bits per heavy atom. The van der Waals surface area contributed by atoms with Crippen LogP contribution in [-0.4, -0.2) is 21.1 Å². The number of unbranched alkanes of at least 4 members (excludes halogenated alkanes) is 2. The molecule has 0 aliphatic carbocycles. The molecule has 4 aromatic rings. The fourth-order valence-corrected chi connectivity index (χ4v) is 4.70. The first kappa shape index (κ1) is 20.8. The molecule has 0 saturated carbocycles. The summed E-state index contributed by atoms with van der Waals surface area (Å²) in [5.74, 6) is -1.23. The normalized spacial score (nSPS) is 13.8. The number of carbonyl (C=O) groups excluding carboxylic acids is 2. The third kappa shape index (κ3) is 3.42. The second-order valence-electron chi connectivity index (χ2n) is 8.14. The first-order valence-electron chi connectivity index (χ1n) is 11.2. The molecule has 6 heteroatoms. The summed E-state index contributed by atoms with van der Waals surface area (Å²) in [5, 5.41) is 10.6. The van der Waals surface area contributed by atoms with Crippen LogP contribution in [0.3, 0.4) is 0 Å². The van der Waals surface area contributed by atoms with Crippen molar-refractivity contribution in [2.45, 2.75) is 39.3 Å². The first-order chi connectivity index (χ1) is 16.1. The van der Waals surface area contributed by atoms with Gasteiger partial charge in [-0.2, -0.15) is 5.26 Å². The van der Waals surface area contributed by atoms with Crippen LogP contribution in [0.15, 0.2) is 60.9 Å². The Kier molecular flexibility index (Phi) is 5.31. The molecule has 2 aromatic heterocycles. The van der Waals surface area contributed by atoms with E-state index in [4.69, 9.17) is 10.00 Å². The Labute approximate surface area is 191 Å². The minimum atomic E-state index is -0.615. The van der Waals surface area contributed by atoms with Gasteiger partial charge in [-0.1, -0.05) is 36.4 Å². The molecule has 5 rings (SSSR count). The zero-order valence-electron chi connectivity index (χ0n) is 18.4. The van der Waals surface area contributed by atoms with E-state index in [-0.39, 0.29) is 0 Å². The van der Waals surface area contributed by atoms with Crippen LogP contribution in [0.1, 0.15) is 37.3 Å². The number of aryl methyl sites for hydroxylation is 2. The van der Waals surface area contributed by atoms with Gasteiger partial charge < -0.3 is 13.9 Å². The Morgan fingerprint density at radius 2 is 1.36 bits per heavy atom. The molecule has 0 radical (unpaired) electrons. The largest absolute Gasteiger partial charge is 0.386 e. The van der Waals surface area contributed by atoms with Gasteiger partial charge in [0.1, 0.15) is 0 Å². The Bertz CT molecular complexity index is 1480. The molecular formula is C27H23N3O3. The molecule has 6 nitrogen and oxygen atoms in total. The summed E-state index contributed by atoms with van der Waals surface area (Å²) in [6, 6.07) is 17.9. The number of aromatic nitrogens is 2. The lowest BCUT2D eigenvalue weighted by Gasteiger charge is -2.03. The number of carbonyl (C=O) groups is 2. The van der Waals surface area contributed by atoms with Crippen LogP contribution in [0.4, 0.5) is 0 Å². The number of nitriles is 1. The van der Waals surface area contributed by atoms with Crippen LogP contribution >= 0.6 is 0 Å². The van der Waals surface area contributed by atoms with Gasteiger partial charge in [-0.15, -0.1) is 0 Å². The monoisotopic (exact) mass is 437 g/mol. The average molecular weight is 437 g/mol. The zero-order valence-corrected chi connectivity index (χ0v) is 18.4. The zero-order chi connectivity index (χ0) is 22.9. The maximum absolute atomic E-state index is 13.0. The van der Waals surface area contributed by atoms with Gasteiger partial charge in [0.15, 0.2) is 0 Å². The van der Waals surface area contributed by atoms with Gasteiger partial charge in [0.25, 0.3) is 0 Å². The number of ether oxygens (including phenoxy) is 1. The van der Waals surface area contributed by atoms with E-state index in [1.165, 1.54) is 0 Å². The minimum Gasteiger partial charge on any atom is -0.386 e. The SMILES string of the molecule is CCn1cc(C2=C(c3cn(CCCCC#N)c4ccccc34)C(=O)OC2=O)c2ccccc21. The number of cyclic esters (lactones) is 2. The predicted molar refractivity (Wildman–Crippen MR) is 127 cm³/mol. The van der Waals surface area contributed by atoms with Crippen LogP contribution in [0, 0.1) is 11.3 Å². The van der Waals surface area contributed by atoms with E-state index >= 15 is 0 Å². The van der Waals surface area contributed by atoms with Crippen LogP contribution in [0.2, 0.25) is 0 Å². The van der Waals surface area contributed by atoms with Gasteiger partial charge in [0, 0.05) is 64.8 Å². The molecule has 0 atom stereocenters. The molecule has 33 heavy (non-hydrogen) atoms. The van der Waals surface area contributed by atoms with Crippen molar-refractivity contribution < 1.29 is 14.3 Å². The smallest absolute Gasteiger partial charge is 0.347 e. The molecule has 1 aliphatic rings. The molecule has 0 amide bonds. The van der Waals surface area contributed by atoms with Gasteiger partial charge in [0.05, 0.1) is 17.2 Å². The van der Waals surface area contributed by atoms with Crippen LogP contribution < -0.4 is 0 Å². The number of nitrogens with zero attached hydrogens (tertiary/aromatic N) is 3. The maximum atomic E-state index is 13.0. The number of hydrogen-bond donors (Lipinski definition) is 0. The Hall–Kier alpha value is -4.11. The molecule has 0 saturated heterocycles. The van der Waals surface area contributed by atoms with Crippen molar-refractivity contribution in [1.82, 2.24) is 9.13 Å². The van der Waals surface area contributed by atoms with Crippen molar-refractivity contribution in [1.29, 1.82) is 5.26 Å². The first-order valence-corrected chi connectivity index (χ1v) is 11.2. The number of hydrogen-bond acceptors (Lipinski definition) is 4. The molecular weight excluding hydrogens is 414 g/mol. The van der Waals surface area contributed by atoms with Crippen LogP contribution in [0.5, 0.6) is 0 Å². The van der Waals surface area contributed by atoms with Crippen molar-refractivity contribution in [2.24, 2.45) is 0 Å². The molecule has 0 fully saturated rings. The van der Waals surface area contributed by atoms with E-state index in [1.807, 2.05) is 67.8 Å². The topological polar surface area (TPSA) is 77.0 Å². The summed E-state index contributed by atoms with van der Waals surface area (Å²) in [6.45, 7) is 3.51. The number of para-hydroxylation sites is 2. The number of fused-ring (bicyclic) bond motifs is 2. The highest BCUT2D eigenvalue weighted by atomic mass is 16.6. The van der Waals surface area contributed by atoms with Crippen LogP contribution in [-0.2, 0) is 27.4 Å². The lowest BCUT2D eigenvalue weighted by atomic mass is 9.95. The van der Waals surface area contributed by atoms with E-state index in [1.54, 1.807) is 0 Å². The molecule has 0 N–H and O–H groups in total. The van der Waals surface area contributed by atoms with Crippen molar-refractivity contribution in [2.75, 3.05) is 0 Å². The van der Waals surface area contributed by atoms with Crippen molar-refractivity contribution >= 4 is 44.9 Å². The second-order valence-corrected chi connectivity index (χ2v) is 8.14. The fourth-order valence-electron chi connectivity index (χ4n) is 4.70. The van der Waals surface area contributed by atoms with Gasteiger partial charge in [-0.3, -0.25) is 0 Å². The summed E-state index contributed by atoms with van der Waals surface area (Å²) in [4.78, 5) is 25.9. The highest BCUT2D eigenvalue weighted by Crippen LogP contribution is 2.40. The second kappa shape index (κ2) is 8.44. The summed E-state index contributed by atoms with van der Waals surface area (Å²) >= 11 is 0. The number of esters is 2. The summed E-state index contributed by atoms with van der Waals surface area (Å²) < 4.78 is 9.32. The van der Waals surface area contributed by atoms with Crippen LogP contribution in [0.25, 0.3) is 33.0 Å². The standard InChI is InChI=1S/C27H23N3O3/c1-2-29-16-20(18-10-4-6-12-22(18)29)24-25(27(32)33-26(24)31)21-17-30(15-9-3-8-14-28)23-13-7-5-11-19(21)23/h4-7,10-13,16-17H,2-3,8-9,15H2,1H3. The number of rotatable bonds is 7. The highest BCUT2D eigenvalue weighted by Gasteiger charge is 2.37. The Balaban J connectivity index is 1.72. The van der Waals surface area contributed by atoms with E-state index in [9.17, 15) is 9.59 Å². The van der Waals surface area contributed by atoms with E-state index < -0.39 is 11.9 Å². The predicted octanol–water partition coefficient (Wildman–Crippen LogP) is 5.30. The lowest BCUT2D eigenvalue weighted by molar-refractivity contribution is -0.149. The fraction of sp³-hybridized carbons (Fsp3) is 0.222. The van der Waals surface area contributed by atoms with E-state index in [2.05, 4.69) is 15.2 Å². The molecule has 2 aromatic carbocycles. The summed E-state index contributed by atoms with van der Waals surface area (Å²) in [5.41, 5.74) is 4.03. The quantitative estimate of drug-likeness (QED) is 0.223. The van der Waals surface area contributed by atoms with Gasteiger partial charge in [0.2, 0.25) is 0 Å². The van der Waals surface area contributed by atoms with Crippen molar-refractivity contribution in [3.63, 3.8) is 0 Å². The molecule has 1 aliphatic heterocycles. The summed E-state index contributed by atoms with van der Waals surface area (Å²) in [6.07, 6.45) is 6.05. The van der Waals surface area contributed by atoms with Crippen molar-refractivity contribution in [3.8, 4) is 6.07 Å². The molecule has 0 bridgehead atoms. The van der Waals surface area contributed by atoms with Gasteiger partial charge >= 0.3 is 11.9 Å². The third-order valence-electron chi connectivity index (χ3n) is 6.24. The minimum absolute atomic E-state index is 0.311. The molecule has 0 unspecified atom stereocenters. The third-order valence-corrected chi connectivity index (χ3v) is 6.24. The van der Waals surface area contributed by atoms with Gasteiger partial charge in [-0.25, -0.2) is 9.59 Å². The summed E-state index contributed by atoms with van der Waals surface area (Å²) in [7, 11) is 0. The average Bonchev–Trinajstić information content (AvgIpc) is 3.47. The highest BCUT2D eigenvalue weighted by molar-refractivity contribution is 6.46. The molecule has 164 valence electrons. The molecule has 3 heterocycles. The lowest BCUT2D eigenvalue weighted by Crippen LogP contribution is -2.02.